The Labute approximate surface area is 98.5 Å². The largest absolute Gasteiger partial charge is 0.481 e. The van der Waals surface area contributed by atoms with Crippen LogP contribution in [-0.4, -0.2) is 23.5 Å². The maximum Gasteiger partial charge on any atom is 0.304 e. The van der Waals surface area contributed by atoms with E-state index >= 15 is 0 Å². The van der Waals surface area contributed by atoms with Crippen LogP contribution in [0.4, 0.5) is 4.39 Å². The maximum absolute atomic E-state index is 12.7. The Kier molecular flexibility index (Phi) is 4.63. The van der Waals surface area contributed by atoms with Gasteiger partial charge in [0.05, 0.1) is 6.42 Å². The minimum atomic E-state index is -0.954. The van der Waals surface area contributed by atoms with Crippen molar-refractivity contribution in [1.82, 2.24) is 5.32 Å². The molecule has 0 aliphatic carbocycles. The molecule has 4 nitrogen and oxygen atoms in total. The summed E-state index contributed by atoms with van der Waals surface area (Å²) in [6, 6.07) is 5.62. The normalized spacial score (nSPS) is 11.9. The zero-order chi connectivity index (χ0) is 12.8. The van der Waals surface area contributed by atoms with Crippen LogP contribution in [0, 0.1) is 5.82 Å². The Morgan fingerprint density at radius 3 is 2.41 bits per heavy atom. The molecule has 1 aromatic rings. The number of nitrogens with one attached hydrogen (secondary N) is 1. The number of rotatable bonds is 5. The first-order valence-corrected chi connectivity index (χ1v) is 5.20. The first kappa shape index (κ1) is 13.2. The third kappa shape index (κ3) is 4.63. The van der Waals surface area contributed by atoms with Crippen LogP contribution in [0.3, 0.4) is 0 Å². The van der Waals surface area contributed by atoms with Crippen molar-refractivity contribution in [3.05, 3.63) is 35.6 Å². The zero-order valence-corrected chi connectivity index (χ0v) is 9.44. The van der Waals surface area contributed by atoms with Crippen molar-refractivity contribution in [2.24, 2.45) is 0 Å². The van der Waals surface area contributed by atoms with E-state index in [0.29, 0.717) is 5.56 Å². The van der Waals surface area contributed by atoms with Gasteiger partial charge in [0.1, 0.15) is 5.82 Å². The summed E-state index contributed by atoms with van der Waals surface area (Å²) in [5, 5.41) is 11.3. The van der Waals surface area contributed by atoms with Gasteiger partial charge in [-0.3, -0.25) is 9.59 Å². The molecule has 5 heteroatoms. The Morgan fingerprint density at radius 2 is 1.94 bits per heavy atom. The summed E-state index contributed by atoms with van der Waals surface area (Å²) >= 11 is 0. The first-order valence-electron chi connectivity index (χ1n) is 5.20. The van der Waals surface area contributed by atoms with Gasteiger partial charge in [-0.15, -0.1) is 0 Å². The molecule has 0 bridgehead atoms. The smallest absolute Gasteiger partial charge is 0.304 e. The molecule has 0 saturated carbocycles. The summed E-state index contributed by atoms with van der Waals surface area (Å²) in [4.78, 5) is 21.5. The number of carboxylic acids is 1. The quantitative estimate of drug-likeness (QED) is 0.818. The highest BCUT2D eigenvalue weighted by Gasteiger charge is 2.15. The predicted molar refractivity (Wildman–Crippen MR) is 60.1 cm³/mol. The lowest BCUT2D eigenvalue weighted by atomic mass is 9.95. The molecule has 0 aliphatic rings. The number of hydrogen-bond acceptors (Lipinski definition) is 2. The summed E-state index contributed by atoms with van der Waals surface area (Å²) < 4.78 is 12.7. The van der Waals surface area contributed by atoms with Crippen molar-refractivity contribution in [2.75, 3.05) is 6.54 Å². The first-order chi connectivity index (χ1) is 7.99. The summed E-state index contributed by atoms with van der Waals surface area (Å²) in [6.07, 6.45) is -0.105. The van der Waals surface area contributed by atoms with E-state index in [4.69, 9.17) is 5.11 Å². The number of carbonyl (C=O) groups excluding carboxylic acids is 1. The average Bonchev–Trinajstić information content (AvgIpc) is 2.25. The fourth-order valence-electron chi connectivity index (χ4n) is 1.52. The lowest BCUT2D eigenvalue weighted by Crippen LogP contribution is -2.27. The standard InChI is InChI=1S/C12H14FNO3/c1-8(15)14-7-10(6-12(16)17)9-2-4-11(13)5-3-9/h2-5,10H,6-7H2,1H3,(H,14,15)(H,16,17). The van der Waals surface area contributed by atoms with Crippen LogP contribution in [0.15, 0.2) is 24.3 Å². The number of aliphatic carboxylic acids is 1. The molecule has 17 heavy (non-hydrogen) atoms. The van der Waals surface area contributed by atoms with Gasteiger partial charge in [0.15, 0.2) is 0 Å². The van der Waals surface area contributed by atoms with Crippen molar-refractivity contribution in [1.29, 1.82) is 0 Å². The molecule has 0 saturated heterocycles. The van der Waals surface area contributed by atoms with Gasteiger partial charge < -0.3 is 10.4 Å². The molecule has 0 aromatic heterocycles. The molecule has 1 aromatic carbocycles. The third-order valence-corrected chi connectivity index (χ3v) is 2.36. The third-order valence-electron chi connectivity index (χ3n) is 2.36. The zero-order valence-electron chi connectivity index (χ0n) is 9.44. The minimum Gasteiger partial charge on any atom is -0.481 e. The molecule has 92 valence electrons. The maximum atomic E-state index is 12.7. The number of benzene rings is 1. The SMILES string of the molecule is CC(=O)NCC(CC(=O)O)c1ccc(F)cc1. The van der Waals surface area contributed by atoms with Gasteiger partial charge in [0.25, 0.3) is 0 Å². The minimum absolute atomic E-state index is 0.105. The van der Waals surface area contributed by atoms with Crippen LogP contribution >= 0.6 is 0 Å². The van der Waals surface area contributed by atoms with E-state index in [9.17, 15) is 14.0 Å². The monoisotopic (exact) mass is 239 g/mol. The van der Waals surface area contributed by atoms with Crippen molar-refractivity contribution >= 4 is 11.9 Å². The molecular weight excluding hydrogens is 225 g/mol. The fourth-order valence-corrected chi connectivity index (χ4v) is 1.52. The van der Waals surface area contributed by atoms with Crippen molar-refractivity contribution < 1.29 is 19.1 Å². The predicted octanol–water partition coefficient (Wildman–Crippen LogP) is 1.52. The Morgan fingerprint density at radius 1 is 1.35 bits per heavy atom. The number of hydrogen-bond donors (Lipinski definition) is 2. The van der Waals surface area contributed by atoms with Gasteiger partial charge in [0, 0.05) is 19.4 Å². The molecule has 0 aliphatic heterocycles. The van der Waals surface area contributed by atoms with Gasteiger partial charge >= 0.3 is 5.97 Å². The van der Waals surface area contributed by atoms with E-state index in [1.54, 1.807) is 0 Å². The van der Waals surface area contributed by atoms with E-state index in [-0.39, 0.29) is 30.6 Å². The van der Waals surface area contributed by atoms with Crippen LogP contribution in [0.5, 0.6) is 0 Å². The topological polar surface area (TPSA) is 66.4 Å². The van der Waals surface area contributed by atoms with E-state index < -0.39 is 5.97 Å². The van der Waals surface area contributed by atoms with Gasteiger partial charge in [-0.1, -0.05) is 12.1 Å². The lowest BCUT2D eigenvalue weighted by Gasteiger charge is -2.15. The average molecular weight is 239 g/mol. The van der Waals surface area contributed by atoms with E-state index in [1.807, 2.05) is 0 Å². The number of amides is 1. The van der Waals surface area contributed by atoms with Crippen LogP contribution in [0.25, 0.3) is 0 Å². The van der Waals surface area contributed by atoms with Crippen molar-refractivity contribution in [3.8, 4) is 0 Å². The molecule has 1 amide bonds. The fraction of sp³-hybridized carbons (Fsp3) is 0.333. The molecule has 1 unspecified atom stereocenters. The number of carboxylic acid groups (broad SMARTS) is 1. The molecule has 0 heterocycles. The molecular formula is C12H14FNO3. The van der Waals surface area contributed by atoms with Crippen molar-refractivity contribution in [3.63, 3.8) is 0 Å². The second kappa shape index (κ2) is 5.98. The molecule has 2 N–H and O–H groups in total. The number of halogens is 1. The Bertz CT molecular complexity index is 403. The van der Waals surface area contributed by atoms with E-state index in [1.165, 1.54) is 31.2 Å². The lowest BCUT2D eigenvalue weighted by molar-refractivity contribution is -0.137. The molecule has 1 atom stereocenters. The second-order valence-corrected chi connectivity index (χ2v) is 3.78. The molecule has 0 fully saturated rings. The Balaban J connectivity index is 2.77. The Hall–Kier alpha value is -1.91. The van der Waals surface area contributed by atoms with Gasteiger partial charge in [-0.2, -0.15) is 0 Å². The highest BCUT2D eigenvalue weighted by atomic mass is 19.1. The molecule has 0 spiro atoms. The van der Waals surface area contributed by atoms with Gasteiger partial charge in [-0.25, -0.2) is 4.39 Å². The van der Waals surface area contributed by atoms with Crippen LogP contribution in [0.1, 0.15) is 24.8 Å². The summed E-state index contributed by atoms with van der Waals surface area (Å²) in [6.45, 7) is 1.59. The van der Waals surface area contributed by atoms with E-state index in [2.05, 4.69) is 5.32 Å². The highest BCUT2D eigenvalue weighted by Crippen LogP contribution is 2.19. The van der Waals surface area contributed by atoms with Crippen LogP contribution in [-0.2, 0) is 9.59 Å². The van der Waals surface area contributed by atoms with Gasteiger partial charge in [0.2, 0.25) is 5.91 Å². The van der Waals surface area contributed by atoms with Crippen molar-refractivity contribution in [2.45, 2.75) is 19.3 Å². The van der Waals surface area contributed by atoms with Crippen LogP contribution in [0.2, 0.25) is 0 Å². The van der Waals surface area contributed by atoms with E-state index in [0.717, 1.165) is 0 Å². The summed E-state index contributed by atoms with van der Waals surface area (Å²) in [5.74, 6) is -1.90. The number of carbonyl (C=O) groups is 2. The summed E-state index contributed by atoms with van der Waals surface area (Å²) in [7, 11) is 0. The molecule has 1 rings (SSSR count). The summed E-state index contributed by atoms with van der Waals surface area (Å²) in [5.41, 5.74) is 0.697. The van der Waals surface area contributed by atoms with Gasteiger partial charge in [-0.05, 0) is 17.7 Å². The highest BCUT2D eigenvalue weighted by molar-refractivity contribution is 5.73. The van der Waals surface area contributed by atoms with Crippen LogP contribution < -0.4 is 5.32 Å². The molecule has 0 radical (unpaired) electrons. The second-order valence-electron chi connectivity index (χ2n) is 3.78.